The van der Waals surface area contributed by atoms with Crippen molar-refractivity contribution in [3.63, 3.8) is 0 Å². The fourth-order valence-electron chi connectivity index (χ4n) is 0.522. The molecule has 0 saturated carbocycles. The summed E-state index contributed by atoms with van der Waals surface area (Å²) in [7, 11) is 0. The van der Waals surface area contributed by atoms with E-state index in [9.17, 15) is 4.79 Å². The average Bonchev–Trinajstić information content (AvgIpc) is 2.14. The molecule has 1 heterocycles. The number of carboxylic acid groups (broad SMARTS) is 1. The van der Waals surface area contributed by atoms with Crippen LogP contribution in [0.2, 0.25) is 0 Å². The first-order valence-corrected chi connectivity index (χ1v) is 2.46. The van der Waals surface area contributed by atoms with E-state index in [-0.39, 0.29) is 0 Å². The zero-order chi connectivity index (χ0) is 6.85. The zero-order valence-electron chi connectivity index (χ0n) is 4.90. The summed E-state index contributed by atoms with van der Waals surface area (Å²) >= 11 is 0. The van der Waals surface area contributed by atoms with E-state index in [2.05, 4.69) is 5.10 Å². The van der Waals surface area contributed by atoms with Crippen molar-refractivity contribution in [3.05, 3.63) is 18.0 Å². The lowest BCUT2D eigenvalue weighted by Crippen LogP contribution is -2.07. The Bertz CT molecular complexity index is 229. The number of hydrogen-bond acceptors (Lipinski definition) is 2. The van der Waals surface area contributed by atoms with E-state index in [1.54, 1.807) is 13.0 Å². The average molecular weight is 126 g/mol. The van der Waals surface area contributed by atoms with Crippen LogP contribution in [-0.4, -0.2) is 21.0 Å². The van der Waals surface area contributed by atoms with Gasteiger partial charge >= 0.3 is 6.09 Å². The SMILES string of the molecule is Cc1ccn(C(=O)O)n1. The van der Waals surface area contributed by atoms with E-state index in [0.29, 0.717) is 5.69 Å². The monoisotopic (exact) mass is 126 g/mol. The second kappa shape index (κ2) is 1.89. The Balaban J connectivity index is 2.98. The van der Waals surface area contributed by atoms with E-state index in [1.165, 1.54) is 6.20 Å². The summed E-state index contributed by atoms with van der Waals surface area (Å²) in [6.45, 7) is 1.74. The molecule has 1 aromatic rings. The van der Waals surface area contributed by atoms with Gasteiger partial charge in [0, 0.05) is 6.20 Å². The third-order valence-corrected chi connectivity index (χ3v) is 0.918. The van der Waals surface area contributed by atoms with Crippen LogP contribution in [0.25, 0.3) is 0 Å². The van der Waals surface area contributed by atoms with Crippen LogP contribution in [0.4, 0.5) is 4.79 Å². The molecule has 1 N–H and O–H groups in total. The molecular weight excluding hydrogens is 120 g/mol. The Morgan fingerprint density at radius 2 is 2.56 bits per heavy atom. The largest absolute Gasteiger partial charge is 0.463 e. The van der Waals surface area contributed by atoms with Gasteiger partial charge in [0.05, 0.1) is 5.69 Å². The van der Waals surface area contributed by atoms with Crippen molar-refractivity contribution in [1.29, 1.82) is 0 Å². The van der Waals surface area contributed by atoms with Crippen LogP contribution in [0.1, 0.15) is 5.69 Å². The van der Waals surface area contributed by atoms with Crippen LogP contribution in [-0.2, 0) is 0 Å². The molecule has 0 fully saturated rings. The predicted molar refractivity (Wildman–Crippen MR) is 30.4 cm³/mol. The molecule has 0 aliphatic carbocycles. The molecule has 48 valence electrons. The molecule has 1 aromatic heterocycles. The van der Waals surface area contributed by atoms with Gasteiger partial charge in [-0.3, -0.25) is 0 Å². The highest BCUT2D eigenvalue weighted by molar-refractivity contribution is 5.66. The summed E-state index contributed by atoms with van der Waals surface area (Å²) in [5.41, 5.74) is 0.706. The van der Waals surface area contributed by atoms with Crippen molar-refractivity contribution in [2.24, 2.45) is 0 Å². The minimum absolute atomic E-state index is 0.706. The molecule has 0 aliphatic rings. The second-order valence-corrected chi connectivity index (χ2v) is 1.68. The molecule has 4 heteroatoms. The minimum atomic E-state index is -1.05. The number of hydrogen-bond donors (Lipinski definition) is 1. The maximum Gasteiger partial charge on any atom is 0.432 e. The van der Waals surface area contributed by atoms with Gasteiger partial charge in [0.1, 0.15) is 0 Å². The first-order valence-electron chi connectivity index (χ1n) is 2.46. The highest BCUT2D eigenvalue weighted by Crippen LogP contribution is 1.90. The van der Waals surface area contributed by atoms with E-state index in [1.807, 2.05) is 0 Å². The lowest BCUT2D eigenvalue weighted by Gasteiger charge is -1.86. The molecule has 9 heavy (non-hydrogen) atoms. The van der Waals surface area contributed by atoms with E-state index in [4.69, 9.17) is 5.11 Å². The smallest absolute Gasteiger partial charge is 0.432 e. The number of aromatic nitrogens is 2. The Morgan fingerprint density at radius 3 is 2.78 bits per heavy atom. The van der Waals surface area contributed by atoms with Gasteiger partial charge in [-0.05, 0) is 13.0 Å². The van der Waals surface area contributed by atoms with Gasteiger partial charge in [0.25, 0.3) is 0 Å². The molecular formula is C5H6N2O2. The first kappa shape index (κ1) is 5.81. The molecule has 0 amide bonds. The third-order valence-electron chi connectivity index (χ3n) is 0.918. The van der Waals surface area contributed by atoms with Gasteiger partial charge < -0.3 is 5.11 Å². The van der Waals surface area contributed by atoms with Crippen LogP contribution in [0.3, 0.4) is 0 Å². The van der Waals surface area contributed by atoms with Crippen LogP contribution in [0, 0.1) is 6.92 Å². The second-order valence-electron chi connectivity index (χ2n) is 1.68. The highest BCUT2D eigenvalue weighted by atomic mass is 16.4. The van der Waals surface area contributed by atoms with Crippen molar-refractivity contribution in [1.82, 2.24) is 9.78 Å². The van der Waals surface area contributed by atoms with E-state index in [0.717, 1.165) is 4.68 Å². The number of nitrogens with zero attached hydrogens (tertiary/aromatic N) is 2. The number of rotatable bonds is 0. The predicted octanol–water partition coefficient (Wildman–Crippen LogP) is 0.718. The van der Waals surface area contributed by atoms with Gasteiger partial charge in [-0.25, -0.2) is 4.79 Å². The molecule has 0 aromatic carbocycles. The summed E-state index contributed by atoms with van der Waals surface area (Å²) in [5.74, 6) is 0. The summed E-state index contributed by atoms with van der Waals surface area (Å²) in [6.07, 6.45) is 0.348. The van der Waals surface area contributed by atoms with Crippen molar-refractivity contribution in [2.45, 2.75) is 6.92 Å². The zero-order valence-corrected chi connectivity index (χ0v) is 4.90. The molecule has 4 nitrogen and oxygen atoms in total. The van der Waals surface area contributed by atoms with Crippen molar-refractivity contribution in [2.75, 3.05) is 0 Å². The Hall–Kier alpha value is -1.32. The maximum absolute atomic E-state index is 10.1. The normalized spacial score (nSPS) is 9.44. The van der Waals surface area contributed by atoms with Crippen LogP contribution in [0.5, 0.6) is 0 Å². The van der Waals surface area contributed by atoms with Gasteiger partial charge in [-0.2, -0.15) is 9.78 Å². The number of aryl methyl sites for hydroxylation is 1. The van der Waals surface area contributed by atoms with Crippen molar-refractivity contribution in [3.8, 4) is 0 Å². The van der Waals surface area contributed by atoms with Gasteiger partial charge in [-0.1, -0.05) is 0 Å². The fourth-order valence-corrected chi connectivity index (χ4v) is 0.522. The van der Waals surface area contributed by atoms with Crippen molar-refractivity contribution < 1.29 is 9.90 Å². The van der Waals surface area contributed by atoms with E-state index >= 15 is 0 Å². The maximum atomic E-state index is 10.1. The molecule has 0 radical (unpaired) electrons. The minimum Gasteiger partial charge on any atom is -0.463 e. The topological polar surface area (TPSA) is 55.1 Å². The molecule has 0 bridgehead atoms. The standard InChI is InChI=1S/C5H6N2O2/c1-4-2-3-7(6-4)5(8)9/h2-3H,1H3,(H,8,9). The summed E-state index contributed by atoms with van der Waals surface area (Å²) in [6, 6.07) is 1.63. The third kappa shape index (κ3) is 1.07. The highest BCUT2D eigenvalue weighted by Gasteiger charge is 1.98. The molecule has 0 spiro atoms. The molecule has 0 aliphatic heterocycles. The Kier molecular flexibility index (Phi) is 1.22. The summed E-state index contributed by atoms with van der Waals surface area (Å²) in [5, 5.41) is 11.9. The van der Waals surface area contributed by atoms with Crippen molar-refractivity contribution >= 4 is 6.09 Å². The summed E-state index contributed by atoms with van der Waals surface area (Å²) < 4.78 is 0.870. The van der Waals surface area contributed by atoms with Gasteiger partial charge in [0.2, 0.25) is 0 Å². The summed E-state index contributed by atoms with van der Waals surface area (Å²) in [4.78, 5) is 10.1. The molecule has 0 unspecified atom stereocenters. The molecule has 0 atom stereocenters. The quantitative estimate of drug-likeness (QED) is 0.557. The fraction of sp³-hybridized carbons (Fsp3) is 0.200. The number of carbonyl (C=O) groups is 1. The molecule has 0 saturated heterocycles. The molecule has 1 rings (SSSR count). The Labute approximate surface area is 51.7 Å². The first-order chi connectivity index (χ1) is 4.20. The van der Waals surface area contributed by atoms with E-state index < -0.39 is 6.09 Å². The Morgan fingerprint density at radius 1 is 1.89 bits per heavy atom. The lowest BCUT2D eigenvalue weighted by atomic mass is 10.5. The van der Waals surface area contributed by atoms with Crippen LogP contribution >= 0.6 is 0 Å². The van der Waals surface area contributed by atoms with Gasteiger partial charge in [0.15, 0.2) is 0 Å². The van der Waals surface area contributed by atoms with Crippen LogP contribution < -0.4 is 0 Å². The van der Waals surface area contributed by atoms with Gasteiger partial charge in [-0.15, -0.1) is 0 Å². The van der Waals surface area contributed by atoms with Crippen LogP contribution in [0.15, 0.2) is 12.3 Å². The lowest BCUT2D eigenvalue weighted by molar-refractivity contribution is 0.192.